The lowest BCUT2D eigenvalue weighted by molar-refractivity contribution is 0.662. The highest BCUT2D eigenvalue weighted by atomic mass is 32.2. The van der Waals surface area contributed by atoms with Crippen molar-refractivity contribution in [2.75, 3.05) is 12.5 Å². The van der Waals surface area contributed by atoms with Crippen LogP contribution in [0.25, 0.3) is 0 Å². The first-order chi connectivity index (χ1) is 5.68. The average molecular weight is 203 g/mol. The van der Waals surface area contributed by atoms with Crippen molar-refractivity contribution in [3.05, 3.63) is 12.7 Å². The molecule has 0 saturated carbocycles. The van der Waals surface area contributed by atoms with Crippen molar-refractivity contribution < 1.29 is 0 Å². The SMILES string of the molecule is [CH]=CCCCCC(C)(SC)SC. The minimum Gasteiger partial charge on any atom is -0.148 e. The zero-order chi connectivity index (χ0) is 9.45. The fourth-order valence-corrected chi connectivity index (χ4v) is 2.36. The van der Waals surface area contributed by atoms with Crippen LogP contribution in [0, 0.1) is 6.58 Å². The Morgan fingerprint density at radius 1 is 1.25 bits per heavy atom. The fourth-order valence-electron chi connectivity index (χ4n) is 0.996. The molecular formula is C10H19S2. The van der Waals surface area contributed by atoms with E-state index in [9.17, 15) is 0 Å². The van der Waals surface area contributed by atoms with E-state index in [1.165, 1.54) is 19.3 Å². The summed E-state index contributed by atoms with van der Waals surface area (Å²) in [6.07, 6.45) is 11.0. The molecule has 2 heteroatoms. The second-order valence-electron chi connectivity index (χ2n) is 3.02. The second kappa shape index (κ2) is 6.90. The average Bonchev–Trinajstić information content (AvgIpc) is 2.12. The monoisotopic (exact) mass is 203 g/mol. The molecule has 0 aromatic heterocycles. The normalized spacial score (nSPS) is 11.6. The van der Waals surface area contributed by atoms with Crippen LogP contribution in [0.1, 0.15) is 32.6 Å². The molecule has 0 amide bonds. The van der Waals surface area contributed by atoms with Crippen LogP contribution in [0.5, 0.6) is 0 Å². The summed E-state index contributed by atoms with van der Waals surface area (Å²) in [5.74, 6) is 0. The Balaban J connectivity index is 3.51. The van der Waals surface area contributed by atoms with Gasteiger partial charge in [0.05, 0.1) is 4.08 Å². The maximum Gasteiger partial charge on any atom is 0.0577 e. The zero-order valence-corrected chi connectivity index (χ0v) is 9.93. The summed E-state index contributed by atoms with van der Waals surface area (Å²) in [7, 11) is 0. The Morgan fingerprint density at radius 3 is 2.25 bits per heavy atom. The van der Waals surface area contributed by atoms with E-state index in [1.54, 1.807) is 6.08 Å². The van der Waals surface area contributed by atoms with Gasteiger partial charge in [-0.1, -0.05) is 19.1 Å². The quantitative estimate of drug-likeness (QED) is 0.453. The smallest absolute Gasteiger partial charge is 0.0577 e. The molecule has 0 aliphatic heterocycles. The Morgan fingerprint density at radius 2 is 1.83 bits per heavy atom. The lowest BCUT2D eigenvalue weighted by Gasteiger charge is -2.24. The molecule has 0 aromatic rings. The van der Waals surface area contributed by atoms with E-state index in [0.29, 0.717) is 4.08 Å². The topological polar surface area (TPSA) is 0 Å². The van der Waals surface area contributed by atoms with Crippen LogP contribution in [0.3, 0.4) is 0 Å². The highest BCUT2D eigenvalue weighted by molar-refractivity contribution is 8.17. The van der Waals surface area contributed by atoms with Gasteiger partial charge in [0.15, 0.2) is 0 Å². The number of hydrogen-bond donors (Lipinski definition) is 0. The minimum absolute atomic E-state index is 0.411. The summed E-state index contributed by atoms with van der Waals surface area (Å²) in [5.41, 5.74) is 0. The van der Waals surface area contributed by atoms with Crippen molar-refractivity contribution in [1.82, 2.24) is 0 Å². The Bertz CT molecular complexity index is 117. The van der Waals surface area contributed by atoms with Gasteiger partial charge >= 0.3 is 0 Å². The first-order valence-corrected chi connectivity index (χ1v) is 6.77. The molecule has 0 aromatic carbocycles. The van der Waals surface area contributed by atoms with Crippen LogP contribution in [0.4, 0.5) is 0 Å². The molecular weight excluding hydrogens is 184 g/mol. The summed E-state index contributed by atoms with van der Waals surface area (Å²) in [5, 5.41) is 0. The van der Waals surface area contributed by atoms with E-state index in [2.05, 4.69) is 19.4 Å². The van der Waals surface area contributed by atoms with Crippen molar-refractivity contribution in [1.29, 1.82) is 0 Å². The van der Waals surface area contributed by atoms with Crippen molar-refractivity contribution in [3.63, 3.8) is 0 Å². The van der Waals surface area contributed by atoms with E-state index in [-0.39, 0.29) is 0 Å². The van der Waals surface area contributed by atoms with Crippen molar-refractivity contribution in [2.24, 2.45) is 0 Å². The van der Waals surface area contributed by atoms with Gasteiger partial charge < -0.3 is 0 Å². The van der Waals surface area contributed by atoms with Gasteiger partial charge in [-0.2, -0.15) is 0 Å². The number of hydrogen-bond acceptors (Lipinski definition) is 2. The highest BCUT2D eigenvalue weighted by Crippen LogP contribution is 2.37. The summed E-state index contributed by atoms with van der Waals surface area (Å²) in [6, 6.07) is 0. The standard InChI is InChI=1S/C10H19S2/c1-5-6-7-8-9-10(2,11-3)12-4/h1,5H,6-9H2,2-4H3. The predicted octanol–water partition coefficient (Wildman–Crippen LogP) is 3.98. The molecule has 0 unspecified atom stereocenters. The van der Waals surface area contributed by atoms with E-state index in [4.69, 9.17) is 6.58 Å². The molecule has 0 N–H and O–H groups in total. The molecule has 0 bridgehead atoms. The van der Waals surface area contributed by atoms with E-state index in [0.717, 1.165) is 6.42 Å². The van der Waals surface area contributed by atoms with Crippen LogP contribution in [-0.2, 0) is 0 Å². The van der Waals surface area contributed by atoms with Crippen LogP contribution in [0.2, 0.25) is 0 Å². The minimum atomic E-state index is 0.411. The molecule has 0 rings (SSSR count). The molecule has 0 atom stereocenters. The van der Waals surface area contributed by atoms with Gasteiger partial charge in [-0.05, 0) is 38.7 Å². The maximum absolute atomic E-state index is 5.31. The Hall–Kier alpha value is 0.440. The van der Waals surface area contributed by atoms with Gasteiger partial charge in [0.1, 0.15) is 0 Å². The Labute approximate surface area is 85.6 Å². The van der Waals surface area contributed by atoms with Gasteiger partial charge in [-0.3, -0.25) is 0 Å². The summed E-state index contributed by atoms with van der Waals surface area (Å²) in [6.45, 7) is 7.62. The van der Waals surface area contributed by atoms with Crippen LogP contribution < -0.4 is 0 Å². The predicted molar refractivity (Wildman–Crippen MR) is 62.8 cm³/mol. The second-order valence-corrected chi connectivity index (χ2v) is 5.90. The molecule has 1 radical (unpaired) electrons. The third-order valence-electron chi connectivity index (χ3n) is 2.12. The van der Waals surface area contributed by atoms with Crippen LogP contribution in [-0.4, -0.2) is 16.6 Å². The van der Waals surface area contributed by atoms with Gasteiger partial charge in [0, 0.05) is 0 Å². The third-order valence-corrected chi connectivity index (χ3v) is 5.25. The molecule has 71 valence electrons. The number of thioether (sulfide) groups is 2. The largest absolute Gasteiger partial charge is 0.148 e. The third kappa shape index (κ3) is 5.15. The van der Waals surface area contributed by atoms with E-state index >= 15 is 0 Å². The lowest BCUT2D eigenvalue weighted by atomic mass is 10.1. The molecule has 12 heavy (non-hydrogen) atoms. The fraction of sp³-hybridized carbons (Fsp3) is 0.800. The summed E-state index contributed by atoms with van der Waals surface area (Å²) in [4.78, 5) is 0. The molecule has 0 aliphatic rings. The summed E-state index contributed by atoms with van der Waals surface area (Å²) >= 11 is 3.90. The first kappa shape index (κ1) is 12.4. The van der Waals surface area contributed by atoms with Gasteiger partial charge in [0.25, 0.3) is 0 Å². The maximum atomic E-state index is 5.31. The molecule has 0 saturated heterocycles. The number of rotatable bonds is 7. The molecule has 0 aliphatic carbocycles. The van der Waals surface area contributed by atoms with Crippen LogP contribution >= 0.6 is 23.5 Å². The van der Waals surface area contributed by atoms with Gasteiger partial charge in [-0.25, -0.2) is 0 Å². The molecule has 0 nitrogen and oxygen atoms in total. The molecule has 0 heterocycles. The van der Waals surface area contributed by atoms with Crippen molar-refractivity contribution in [3.8, 4) is 0 Å². The Kier molecular flexibility index (Phi) is 7.16. The van der Waals surface area contributed by atoms with Gasteiger partial charge in [-0.15, -0.1) is 23.5 Å². The number of allylic oxidation sites excluding steroid dienone is 1. The van der Waals surface area contributed by atoms with E-state index in [1.807, 2.05) is 23.5 Å². The first-order valence-electron chi connectivity index (χ1n) is 4.32. The van der Waals surface area contributed by atoms with Crippen molar-refractivity contribution in [2.45, 2.75) is 36.7 Å². The van der Waals surface area contributed by atoms with E-state index < -0.39 is 0 Å². The summed E-state index contributed by atoms with van der Waals surface area (Å²) < 4.78 is 0.411. The molecule has 0 spiro atoms. The van der Waals surface area contributed by atoms with Gasteiger partial charge in [0.2, 0.25) is 0 Å². The lowest BCUT2D eigenvalue weighted by Crippen LogP contribution is -2.13. The van der Waals surface area contributed by atoms with Crippen molar-refractivity contribution >= 4 is 23.5 Å². The highest BCUT2D eigenvalue weighted by Gasteiger charge is 2.19. The molecule has 0 fully saturated rings. The number of unbranched alkanes of at least 4 members (excludes halogenated alkanes) is 2. The van der Waals surface area contributed by atoms with Crippen LogP contribution in [0.15, 0.2) is 6.08 Å². The zero-order valence-electron chi connectivity index (χ0n) is 8.30.